The summed E-state index contributed by atoms with van der Waals surface area (Å²) in [7, 11) is 0. The van der Waals surface area contributed by atoms with Gasteiger partial charge in [0.05, 0.1) is 4.92 Å². The maximum atomic E-state index is 12.4. The molecule has 26 heavy (non-hydrogen) atoms. The molecular weight excluding hydrogens is 356 g/mol. The van der Waals surface area contributed by atoms with Gasteiger partial charge in [-0.1, -0.05) is 43.6 Å². The zero-order chi connectivity index (χ0) is 19.3. The molecule has 0 fully saturated rings. The summed E-state index contributed by atoms with van der Waals surface area (Å²) in [4.78, 5) is 22.7. The molecule has 0 saturated heterocycles. The maximum absolute atomic E-state index is 12.4. The molecule has 7 heteroatoms. The predicted molar refractivity (Wildman–Crippen MR) is 102 cm³/mol. The average Bonchev–Trinajstić information content (AvgIpc) is 2.62. The van der Waals surface area contributed by atoms with Crippen LogP contribution in [0.25, 0.3) is 0 Å². The molecular formula is C19H21ClN2O4. The Bertz CT molecular complexity index is 810. The second kappa shape index (κ2) is 8.67. The summed E-state index contributed by atoms with van der Waals surface area (Å²) in [6.45, 7) is 5.82. The van der Waals surface area contributed by atoms with Crippen molar-refractivity contribution in [2.45, 2.75) is 39.2 Å². The number of carbonyl (C=O) groups excluding carboxylic acids is 1. The van der Waals surface area contributed by atoms with Crippen LogP contribution in [0.1, 0.15) is 38.7 Å². The van der Waals surface area contributed by atoms with Crippen LogP contribution in [0.5, 0.6) is 5.75 Å². The third-order valence-electron chi connectivity index (χ3n) is 4.15. The lowest BCUT2D eigenvalue weighted by atomic mass is 9.98. The van der Waals surface area contributed by atoms with E-state index in [1.54, 1.807) is 6.92 Å². The molecule has 0 aliphatic rings. The number of hydrogen-bond donors (Lipinski definition) is 1. The largest absolute Gasteiger partial charge is 0.481 e. The van der Waals surface area contributed by atoms with Gasteiger partial charge in [-0.05, 0) is 43.0 Å². The van der Waals surface area contributed by atoms with Gasteiger partial charge < -0.3 is 10.1 Å². The number of carbonyl (C=O) groups is 1. The fraction of sp³-hybridized carbons (Fsp3) is 0.316. The third-order valence-corrected chi connectivity index (χ3v) is 4.47. The van der Waals surface area contributed by atoms with E-state index in [0.717, 1.165) is 12.0 Å². The number of halogens is 1. The minimum atomic E-state index is -0.769. The van der Waals surface area contributed by atoms with Crippen molar-refractivity contribution >= 4 is 28.9 Å². The van der Waals surface area contributed by atoms with E-state index in [1.807, 2.05) is 24.3 Å². The van der Waals surface area contributed by atoms with Crippen LogP contribution in [0, 0.1) is 10.1 Å². The van der Waals surface area contributed by atoms with Crippen LogP contribution >= 0.6 is 11.6 Å². The van der Waals surface area contributed by atoms with Crippen molar-refractivity contribution in [3.8, 4) is 5.75 Å². The number of nitrogens with one attached hydrogen (secondary N) is 1. The molecule has 0 aromatic heterocycles. The Morgan fingerprint density at radius 3 is 2.62 bits per heavy atom. The highest BCUT2D eigenvalue weighted by Gasteiger charge is 2.20. The van der Waals surface area contributed by atoms with Gasteiger partial charge in [0.1, 0.15) is 10.8 Å². The number of amides is 1. The lowest BCUT2D eigenvalue weighted by Crippen LogP contribution is -2.30. The molecule has 0 spiro atoms. The van der Waals surface area contributed by atoms with Gasteiger partial charge in [0.25, 0.3) is 11.6 Å². The van der Waals surface area contributed by atoms with E-state index >= 15 is 0 Å². The number of rotatable bonds is 7. The van der Waals surface area contributed by atoms with E-state index in [1.165, 1.54) is 18.2 Å². The molecule has 138 valence electrons. The van der Waals surface area contributed by atoms with Gasteiger partial charge in [-0.25, -0.2) is 0 Å². The average molecular weight is 377 g/mol. The van der Waals surface area contributed by atoms with Crippen molar-refractivity contribution in [3.05, 3.63) is 63.2 Å². The summed E-state index contributed by atoms with van der Waals surface area (Å²) in [6.07, 6.45) is 0.185. The fourth-order valence-corrected chi connectivity index (χ4v) is 2.62. The Kier molecular flexibility index (Phi) is 6.58. The SMILES string of the molecule is CC[C@@H](C)c1ccccc1O[C@@H](C)C(=O)Nc1ccc(Cl)c([N+](=O)[O-])c1. The van der Waals surface area contributed by atoms with E-state index in [2.05, 4.69) is 19.2 Å². The van der Waals surface area contributed by atoms with E-state index < -0.39 is 16.9 Å². The normalized spacial score (nSPS) is 12.9. The van der Waals surface area contributed by atoms with Crippen molar-refractivity contribution in [2.75, 3.05) is 5.32 Å². The van der Waals surface area contributed by atoms with Crippen LogP contribution in [0.15, 0.2) is 42.5 Å². The van der Waals surface area contributed by atoms with Crippen molar-refractivity contribution < 1.29 is 14.5 Å². The number of hydrogen-bond acceptors (Lipinski definition) is 4. The van der Waals surface area contributed by atoms with Crippen LogP contribution in [0.3, 0.4) is 0 Å². The van der Waals surface area contributed by atoms with Crippen molar-refractivity contribution in [1.29, 1.82) is 0 Å². The second-order valence-electron chi connectivity index (χ2n) is 6.02. The number of anilines is 1. The molecule has 1 amide bonds. The Balaban J connectivity index is 2.12. The van der Waals surface area contributed by atoms with Gasteiger partial charge in [0.15, 0.2) is 6.10 Å². The summed E-state index contributed by atoms with van der Waals surface area (Å²) >= 11 is 5.78. The smallest absolute Gasteiger partial charge is 0.289 e. The molecule has 2 aromatic rings. The second-order valence-corrected chi connectivity index (χ2v) is 6.43. The van der Waals surface area contributed by atoms with Gasteiger partial charge in [0, 0.05) is 11.8 Å². The summed E-state index contributed by atoms with van der Waals surface area (Å²) in [5.74, 6) is 0.563. The molecule has 0 heterocycles. The monoisotopic (exact) mass is 376 g/mol. The summed E-state index contributed by atoms with van der Waals surface area (Å²) in [5, 5.41) is 13.6. The third kappa shape index (κ3) is 4.73. The first kappa shape index (κ1) is 19.7. The Morgan fingerprint density at radius 2 is 1.96 bits per heavy atom. The molecule has 0 aliphatic carbocycles. The van der Waals surface area contributed by atoms with Crippen molar-refractivity contribution in [3.63, 3.8) is 0 Å². The first-order valence-corrected chi connectivity index (χ1v) is 8.71. The lowest BCUT2D eigenvalue weighted by Gasteiger charge is -2.19. The Labute approximate surface area is 157 Å². The molecule has 1 N–H and O–H groups in total. The van der Waals surface area contributed by atoms with Gasteiger partial charge in [-0.2, -0.15) is 0 Å². The van der Waals surface area contributed by atoms with Gasteiger partial charge in [-0.15, -0.1) is 0 Å². The lowest BCUT2D eigenvalue weighted by molar-refractivity contribution is -0.384. The van der Waals surface area contributed by atoms with Crippen LogP contribution in [0.4, 0.5) is 11.4 Å². The predicted octanol–water partition coefficient (Wildman–Crippen LogP) is 5.17. The standard InChI is InChI=1S/C19H21ClN2O4/c1-4-12(2)15-7-5-6-8-18(15)26-13(3)19(23)21-14-9-10-16(20)17(11-14)22(24)25/h5-13H,4H2,1-3H3,(H,21,23)/t12-,13+/m1/s1. The van der Waals surface area contributed by atoms with Gasteiger partial charge in [0.2, 0.25) is 0 Å². The quantitative estimate of drug-likeness (QED) is 0.534. The number of nitrogens with zero attached hydrogens (tertiary/aromatic N) is 1. The summed E-state index contributed by atoms with van der Waals surface area (Å²) < 4.78 is 5.83. The summed E-state index contributed by atoms with van der Waals surface area (Å²) in [6, 6.07) is 11.7. The van der Waals surface area contributed by atoms with Gasteiger partial charge in [-0.3, -0.25) is 14.9 Å². The van der Waals surface area contributed by atoms with Crippen molar-refractivity contribution in [2.24, 2.45) is 0 Å². The van der Waals surface area contributed by atoms with Crippen LogP contribution in [-0.2, 0) is 4.79 Å². The van der Waals surface area contributed by atoms with Gasteiger partial charge >= 0.3 is 0 Å². The number of nitro groups is 1. The number of para-hydroxylation sites is 1. The number of benzene rings is 2. The molecule has 0 aliphatic heterocycles. The maximum Gasteiger partial charge on any atom is 0.289 e. The topological polar surface area (TPSA) is 81.5 Å². The Morgan fingerprint density at radius 1 is 1.27 bits per heavy atom. The van der Waals surface area contributed by atoms with E-state index in [0.29, 0.717) is 11.7 Å². The number of nitro benzene ring substituents is 1. The minimum Gasteiger partial charge on any atom is -0.481 e. The Hall–Kier alpha value is -2.60. The highest BCUT2D eigenvalue weighted by molar-refractivity contribution is 6.32. The molecule has 6 nitrogen and oxygen atoms in total. The van der Waals surface area contributed by atoms with Crippen LogP contribution in [-0.4, -0.2) is 16.9 Å². The fourth-order valence-electron chi connectivity index (χ4n) is 2.43. The molecule has 2 rings (SSSR count). The van der Waals surface area contributed by atoms with E-state index in [-0.39, 0.29) is 16.4 Å². The molecule has 0 bridgehead atoms. The first-order valence-electron chi connectivity index (χ1n) is 8.33. The highest BCUT2D eigenvalue weighted by Crippen LogP contribution is 2.30. The van der Waals surface area contributed by atoms with Crippen LogP contribution < -0.4 is 10.1 Å². The molecule has 0 unspecified atom stereocenters. The zero-order valence-electron chi connectivity index (χ0n) is 14.9. The molecule has 0 radical (unpaired) electrons. The molecule has 2 aromatic carbocycles. The first-order chi connectivity index (χ1) is 12.3. The summed E-state index contributed by atoms with van der Waals surface area (Å²) in [5.41, 5.74) is 1.06. The molecule has 0 saturated carbocycles. The minimum absolute atomic E-state index is 0.0137. The van der Waals surface area contributed by atoms with Crippen LogP contribution in [0.2, 0.25) is 5.02 Å². The van der Waals surface area contributed by atoms with E-state index in [4.69, 9.17) is 16.3 Å². The molecule has 2 atom stereocenters. The number of ether oxygens (including phenoxy) is 1. The highest BCUT2D eigenvalue weighted by atomic mass is 35.5. The zero-order valence-corrected chi connectivity index (χ0v) is 15.6. The van der Waals surface area contributed by atoms with E-state index in [9.17, 15) is 14.9 Å². The van der Waals surface area contributed by atoms with Crippen molar-refractivity contribution in [1.82, 2.24) is 0 Å².